The van der Waals surface area contributed by atoms with Crippen molar-refractivity contribution in [3.63, 3.8) is 0 Å². The molecule has 1 unspecified atom stereocenters. The number of aromatic nitrogens is 1. The highest BCUT2D eigenvalue weighted by atomic mass is 32.2. The van der Waals surface area contributed by atoms with Crippen molar-refractivity contribution in [2.24, 2.45) is 5.73 Å². The van der Waals surface area contributed by atoms with E-state index in [1.54, 1.807) is 19.9 Å². The number of sulfonamides is 1. The highest BCUT2D eigenvalue weighted by molar-refractivity contribution is 7.89. The predicted molar refractivity (Wildman–Crippen MR) is 76.9 cm³/mol. The SMILES string of the molecule is CC1(C)CN(S(=O)(=O)c2cccnc2CN)CC(CO)O1. The van der Waals surface area contributed by atoms with Crippen LogP contribution in [0.1, 0.15) is 19.5 Å². The topological polar surface area (TPSA) is 106 Å². The Kier molecular flexibility index (Phi) is 4.64. The fraction of sp³-hybridized carbons (Fsp3) is 0.615. The van der Waals surface area contributed by atoms with Crippen molar-refractivity contribution in [3.8, 4) is 0 Å². The van der Waals surface area contributed by atoms with Crippen LogP contribution in [-0.2, 0) is 21.3 Å². The van der Waals surface area contributed by atoms with Gasteiger partial charge in [-0.05, 0) is 26.0 Å². The Morgan fingerprint density at radius 1 is 1.57 bits per heavy atom. The standard InChI is InChI=1S/C13H21N3O4S/c1-13(2)9-16(7-10(8-17)20-13)21(18,19)12-4-3-5-15-11(12)6-14/h3-5,10,17H,6-9,14H2,1-2H3. The molecule has 7 nitrogen and oxygen atoms in total. The summed E-state index contributed by atoms with van der Waals surface area (Å²) >= 11 is 0. The minimum atomic E-state index is -3.72. The molecule has 0 spiro atoms. The third-order valence-corrected chi connectivity index (χ3v) is 5.20. The average molecular weight is 315 g/mol. The highest BCUT2D eigenvalue weighted by Crippen LogP contribution is 2.27. The number of morpholine rings is 1. The van der Waals surface area contributed by atoms with E-state index in [-0.39, 0.29) is 31.1 Å². The van der Waals surface area contributed by atoms with E-state index in [0.29, 0.717) is 5.69 Å². The molecule has 0 amide bonds. The molecule has 0 aliphatic carbocycles. The minimum absolute atomic E-state index is 0.0482. The van der Waals surface area contributed by atoms with Crippen molar-refractivity contribution in [1.82, 2.24) is 9.29 Å². The van der Waals surface area contributed by atoms with Crippen LogP contribution in [0.4, 0.5) is 0 Å². The first-order valence-electron chi connectivity index (χ1n) is 6.73. The number of hydrogen-bond donors (Lipinski definition) is 2. The summed E-state index contributed by atoms with van der Waals surface area (Å²) in [5, 5.41) is 9.30. The Bertz CT molecular complexity index is 603. The van der Waals surface area contributed by atoms with Gasteiger partial charge < -0.3 is 15.6 Å². The predicted octanol–water partition coefficient (Wildman–Crippen LogP) is -0.299. The van der Waals surface area contributed by atoms with Gasteiger partial charge in [0.15, 0.2) is 0 Å². The zero-order chi connectivity index (χ0) is 15.7. The van der Waals surface area contributed by atoms with Crippen LogP contribution in [-0.4, -0.2) is 54.2 Å². The Balaban J connectivity index is 2.39. The number of nitrogens with zero attached hydrogens (tertiary/aromatic N) is 2. The lowest BCUT2D eigenvalue weighted by atomic mass is 10.1. The van der Waals surface area contributed by atoms with Gasteiger partial charge in [-0.1, -0.05) is 0 Å². The summed E-state index contributed by atoms with van der Waals surface area (Å²) < 4.78 is 32.6. The maximum absolute atomic E-state index is 12.8. The number of ether oxygens (including phenoxy) is 1. The number of nitrogens with two attached hydrogens (primary N) is 1. The maximum Gasteiger partial charge on any atom is 0.245 e. The smallest absolute Gasteiger partial charge is 0.245 e. The molecule has 0 aromatic carbocycles. The quantitative estimate of drug-likeness (QED) is 0.790. The molecule has 0 bridgehead atoms. The summed E-state index contributed by atoms with van der Waals surface area (Å²) in [4.78, 5) is 4.14. The molecule has 1 aromatic heterocycles. The molecule has 118 valence electrons. The van der Waals surface area contributed by atoms with Crippen LogP contribution in [0.3, 0.4) is 0 Å². The summed E-state index contributed by atoms with van der Waals surface area (Å²) in [7, 11) is -3.72. The number of rotatable bonds is 4. The van der Waals surface area contributed by atoms with Gasteiger partial charge in [0.05, 0.1) is 24.0 Å². The zero-order valence-corrected chi connectivity index (χ0v) is 13.0. The molecule has 3 N–H and O–H groups in total. The van der Waals surface area contributed by atoms with Crippen molar-refractivity contribution in [1.29, 1.82) is 0 Å². The van der Waals surface area contributed by atoms with Gasteiger partial charge in [-0.15, -0.1) is 0 Å². The summed E-state index contributed by atoms with van der Waals surface area (Å²) in [5.41, 5.74) is 5.25. The molecule has 0 radical (unpaired) electrons. The van der Waals surface area contributed by atoms with Crippen LogP contribution in [0, 0.1) is 0 Å². The summed E-state index contributed by atoms with van der Waals surface area (Å²) in [6, 6.07) is 3.07. The third kappa shape index (κ3) is 3.41. The molecular formula is C13H21N3O4S. The van der Waals surface area contributed by atoms with E-state index in [9.17, 15) is 13.5 Å². The van der Waals surface area contributed by atoms with Gasteiger partial charge in [0, 0.05) is 25.8 Å². The maximum atomic E-state index is 12.8. The van der Waals surface area contributed by atoms with Crippen LogP contribution in [0.5, 0.6) is 0 Å². The number of aliphatic hydroxyl groups is 1. The summed E-state index contributed by atoms with van der Waals surface area (Å²) in [6.07, 6.45) is 0.975. The van der Waals surface area contributed by atoms with Gasteiger partial charge in [-0.25, -0.2) is 8.42 Å². The second kappa shape index (κ2) is 5.98. The van der Waals surface area contributed by atoms with E-state index in [1.807, 2.05) is 0 Å². The Morgan fingerprint density at radius 2 is 2.29 bits per heavy atom. The first-order valence-corrected chi connectivity index (χ1v) is 8.17. The molecule has 1 fully saturated rings. The molecule has 2 heterocycles. The van der Waals surface area contributed by atoms with E-state index in [4.69, 9.17) is 10.5 Å². The molecule has 1 atom stereocenters. The second-order valence-corrected chi connectivity index (χ2v) is 7.54. The average Bonchev–Trinajstić information content (AvgIpc) is 2.45. The molecule has 21 heavy (non-hydrogen) atoms. The van der Waals surface area contributed by atoms with E-state index >= 15 is 0 Å². The number of aliphatic hydroxyl groups excluding tert-OH is 1. The van der Waals surface area contributed by atoms with Gasteiger partial charge in [-0.3, -0.25) is 4.98 Å². The molecule has 1 saturated heterocycles. The van der Waals surface area contributed by atoms with Crippen LogP contribution < -0.4 is 5.73 Å². The van der Waals surface area contributed by atoms with Crippen molar-refractivity contribution < 1.29 is 18.3 Å². The fourth-order valence-electron chi connectivity index (χ4n) is 2.47. The van der Waals surface area contributed by atoms with Crippen LogP contribution >= 0.6 is 0 Å². The highest BCUT2D eigenvalue weighted by Gasteiger charge is 2.39. The lowest BCUT2D eigenvalue weighted by Crippen LogP contribution is -2.55. The van der Waals surface area contributed by atoms with Gasteiger partial charge >= 0.3 is 0 Å². The van der Waals surface area contributed by atoms with E-state index in [2.05, 4.69) is 4.98 Å². The minimum Gasteiger partial charge on any atom is -0.394 e. The Morgan fingerprint density at radius 3 is 2.90 bits per heavy atom. The molecule has 0 saturated carbocycles. The van der Waals surface area contributed by atoms with Crippen LogP contribution in [0.15, 0.2) is 23.2 Å². The lowest BCUT2D eigenvalue weighted by Gasteiger charge is -2.41. The Labute approximate surface area is 124 Å². The van der Waals surface area contributed by atoms with E-state index < -0.39 is 21.7 Å². The lowest BCUT2D eigenvalue weighted by molar-refractivity contribution is -0.131. The monoisotopic (exact) mass is 315 g/mol. The van der Waals surface area contributed by atoms with Gasteiger partial charge in [-0.2, -0.15) is 4.31 Å². The van der Waals surface area contributed by atoms with Crippen LogP contribution in [0.2, 0.25) is 0 Å². The summed E-state index contributed by atoms with van der Waals surface area (Å²) in [6.45, 7) is 3.74. The zero-order valence-electron chi connectivity index (χ0n) is 12.2. The molecule has 1 aliphatic rings. The number of hydrogen-bond acceptors (Lipinski definition) is 6. The molecular weight excluding hydrogens is 294 g/mol. The Hall–Kier alpha value is -1.06. The number of pyridine rings is 1. The molecule has 1 aromatic rings. The third-order valence-electron chi connectivity index (χ3n) is 3.31. The van der Waals surface area contributed by atoms with Crippen molar-refractivity contribution in [3.05, 3.63) is 24.0 Å². The van der Waals surface area contributed by atoms with Crippen molar-refractivity contribution in [2.45, 2.75) is 37.0 Å². The van der Waals surface area contributed by atoms with Gasteiger partial charge in [0.2, 0.25) is 10.0 Å². The van der Waals surface area contributed by atoms with Crippen LogP contribution in [0.25, 0.3) is 0 Å². The van der Waals surface area contributed by atoms with E-state index in [0.717, 1.165) is 0 Å². The molecule has 8 heteroatoms. The first kappa shape index (κ1) is 16.3. The largest absolute Gasteiger partial charge is 0.394 e. The normalized spacial score (nSPS) is 23.1. The van der Waals surface area contributed by atoms with Crippen molar-refractivity contribution >= 4 is 10.0 Å². The summed E-state index contributed by atoms with van der Waals surface area (Å²) in [5.74, 6) is 0. The second-order valence-electron chi connectivity index (χ2n) is 5.63. The first-order chi connectivity index (χ1) is 9.80. The van der Waals surface area contributed by atoms with E-state index in [1.165, 1.54) is 16.6 Å². The fourth-order valence-corrected chi connectivity index (χ4v) is 4.28. The van der Waals surface area contributed by atoms with Gasteiger partial charge in [0.1, 0.15) is 4.90 Å². The van der Waals surface area contributed by atoms with Crippen molar-refractivity contribution in [2.75, 3.05) is 19.7 Å². The van der Waals surface area contributed by atoms with Gasteiger partial charge in [0.25, 0.3) is 0 Å². The molecule has 1 aliphatic heterocycles. The molecule has 2 rings (SSSR count).